The summed E-state index contributed by atoms with van der Waals surface area (Å²) in [5.41, 5.74) is 4.96. The van der Waals surface area contributed by atoms with Crippen LogP contribution in [0.3, 0.4) is 0 Å². The number of rotatable bonds is 3. The summed E-state index contributed by atoms with van der Waals surface area (Å²) >= 11 is 0. The normalized spacial score (nSPS) is 18.4. The number of benzene rings is 1. The summed E-state index contributed by atoms with van der Waals surface area (Å²) in [6.07, 6.45) is 5.49. The molecule has 1 amide bonds. The van der Waals surface area contributed by atoms with Crippen LogP contribution in [-0.2, 0) is 24.7 Å². The number of aromatic nitrogens is 2. The Bertz CT molecular complexity index is 762. The van der Waals surface area contributed by atoms with Crippen LogP contribution < -0.4 is 0 Å². The Balaban J connectivity index is 1.46. The minimum absolute atomic E-state index is 0.303. The summed E-state index contributed by atoms with van der Waals surface area (Å²) in [6.45, 7) is 4.30. The van der Waals surface area contributed by atoms with E-state index in [-0.39, 0.29) is 0 Å². The van der Waals surface area contributed by atoms with Gasteiger partial charge in [0.2, 0.25) is 5.91 Å². The molecule has 1 aromatic carbocycles. The Hall–Kier alpha value is -2.14. The molecule has 0 N–H and O–H groups in total. The van der Waals surface area contributed by atoms with Crippen molar-refractivity contribution < 1.29 is 4.79 Å². The Morgan fingerprint density at radius 2 is 1.73 bits per heavy atom. The van der Waals surface area contributed by atoms with Crippen molar-refractivity contribution in [3.05, 3.63) is 41.6 Å². The molecule has 1 saturated heterocycles. The van der Waals surface area contributed by atoms with E-state index < -0.39 is 0 Å². The largest absolute Gasteiger partial charge is 0.342 e. The fraction of sp³-hybridized carbons (Fsp3) is 0.524. The Morgan fingerprint density at radius 1 is 1.00 bits per heavy atom. The molecular formula is C21H28N4O. The minimum atomic E-state index is 0.303. The summed E-state index contributed by atoms with van der Waals surface area (Å²) < 4.78 is 2.04. The molecule has 3 heterocycles. The van der Waals surface area contributed by atoms with Crippen LogP contribution in [-0.4, -0.2) is 58.2 Å². The fourth-order valence-corrected chi connectivity index (χ4v) is 4.24. The number of carbonyl (C=O) groups excluding carboxylic acids is 1. The SMILES string of the molecule is Cn1nc(-c2ccccc2)c2c1CCN(CC(=O)N1CCCCC1)CC2. The lowest BCUT2D eigenvalue weighted by Crippen LogP contribution is -2.43. The first-order chi connectivity index (χ1) is 12.7. The van der Waals surface area contributed by atoms with Gasteiger partial charge in [0.1, 0.15) is 0 Å². The first-order valence-corrected chi connectivity index (χ1v) is 9.82. The Morgan fingerprint density at radius 3 is 2.50 bits per heavy atom. The fourth-order valence-electron chi connectivity index (χ4n) is 4.24. The highest BCUT2D eigenvalue weighted by atomic mass is 16.2. The zero-order valence-electron chi connectivity index (χ0n) is 15.7. The topological polar surface area (TPSA) is 41.4 Å². The van der Waals surface area contributed by atoms with E-state index in [9.17, 15) is 4.79 Å². The molecule has 0 saturated carbocycles. The first kappa shape index (κ1) is 17.3. The van der Waals surface area contributed by atoms with Crippen molar-refractivity contribution in [3.63, 3.8) is 0 Å². The molecular weight excluding hydrogens is 324 g/mol. The van der Waals surface area contributed by atoms with Crippen molar-refractivity contribution in [2.45, 2.75) is 32.1 Å². The average Bonchev–Trinajstić information content (AvgIpc) is 2.86. The van der Waals surface area contributed by atoms with Gasteiger partial charge < -0.3 is 4.90 Å². The number of likely N-dealkylation sites (tertiary alicyclic amines) is 1. The van der Waals surface area contributed by atoms with Crippen molar-refractivity contribution in [1.29, 1.82) is 0 Å². The molecule has 1 fully saturated rings. The summed E-state index contributed by atoms with van der Waals surface area (Å²) in [5.74, 6) is 0.303. The lowest BCUT2D eigenvalue weighted by molar-refractivity contribution is -0.133. The van der Waals surface area contributed by atoms with E-state index in [0.717, 1.165) is 57.6 Å². The van der Waals surface area contributed by atoms with Crippen LogP contribution in [0.1, 0.15) is 30.5 Å². The van der Waals surface area contributed by atoms with Gasteiger partial charge in [0.25, 0.3) is 0 Å². The number of carbonyl (C=O) groups is 1. The van der Waals surface area contributed by atoms with Gasteiger partial charge in [0.15, 0.2) is 0 Å². The zero-order chi connectivity index (χ0) is 17.9. The van der Waals surface area contributed by atoms with E-state index in [1.54, 1.807) is 0 Å². The Labute approximate surface area is 155 Å². The van der Waals surface area contributed by atoms with E-state index in [0.29, 0.717) is 12.5 Å². The van der Waals surface area contributed by atoms with Crippen molar-refractivity contribution in [3.8, 4) is 11.3 Å². The summed E-state index contributed by atoms with van der Waals surface area (Å²) in [4.78, 5) is 17.0. The highest BCUT2D eigenvalue weighted by Gasteiger charge is 2.25. The lowest BCUT2D eigenvalue weighted by Gasteiger charge is -2.29. The van der Waals surface area contributed by atoms with Gasteiger partial charge in [-0.25, -0.2) is 0 Å². The van der Waals surface area contributed by atoms with Crippen molar-refractivity contribution in [2.24, 2.45) is 7.05 Å². The highest BCUT2D eigenvalue weighted by molar-refractivity contribution is 5.78. The van der Waals surface area contributed by atoms with Crippen LogP contribution in [0.5, 0.6) is 0 Å². The molecule has 2 aliphatic rings. The molecule has 0 unspecified atom stereocenters. The zero-order valence-corrected chi connectivity index (χ0v) is 15.7. The van der Waals surface area contributed by atoms with Gasteiger partial charge in [0, 0.05) is 56.5 Å². The number of hydrogen-bond acceptors (Lipinski definition) is 3. The molecule has 2 aromatic rings. The third kappa shape index (κ3) is 3.54. The third-order valence-electron chi connectivity index (χ3n) is 5.73. The van der Waals surface area contributed by atoms with Crippen molar-refractivity contribution >= 4 is 5.91 Å². The van der Waals surface area contributed by atoms with E-state index >= 15 is 0 Å². The van der Waals surface area contributed by atoms with E-state index in [1.165, 1.54) is 23.2 Å². The summed E-state index contributed by atoms with van der Waals surface area (Å²) in [6, 6.07) is 10.4. The van der Waals surface area contributed by atoms with Gasteiger partial charge in [0.05, 0.1) is 12.2 Å². The van der Waals surface area contributed by atoms with Gasteiger partial charge in [-0.05, 0) is 25.7 Å². The Kier molecular flexibility index (Phi) is 5.07. The van der Waals surface area contributed by atoms with Gasteiger partial charge >= 0.3 is 0 Å². The van der Waals surface area contributed by atoms with Gasteiger partial charge in [-0.15, -0.1) is 0 Å². The van der Waals surface area contributed by atoms with Crippen LogP contribution >= 0.6 is 0 Å². The minimum Gasteiger partial charge on any atom is -0.342 e. The van der Waals surface area contributed by atoms with Crippen LogP contribution in [0.15, 0.2) is 30.3 Å². The number of hydrogen-bond donors (Lipinski definition) is 0. The van der Waals surface area contributed by atoms with Crippen LogP contribution in [0.4, 0.5) is 0 Å². The van der Waals surface area contributed by atoms with E-state index in [2.05, 4.69) is 34.1 Å². The molecule has 0 bridgehead atoms. The van der Waals surface area contributed by atoms with Crippen LogP contribution in [0, 0.1) is 0 Å². The maximum Gasteiger partial charge on any atom is 0.236 e. The summed E-state index contributed by atoms with van der Waals surface area (Å²) in [5, 5.41) is 4.79. The molecule has 26 heavy (non-hydrogen) atoms. The van der Waals surface area contributed by atoms with Crippen molar-refractivity contribution in [2.75, 3.05) is 32.7 Å². The summed E-state index contributed by atoms with van der Waals surface area (Å²) in [7, 11) is 2.04. The second-order valence-corrected chi connectivity index (χ2v) is 7.48. The predicted molar refractivity (Wildman–Crippen MR) is 103 cm³/mol. The second-order valence-electron chi connectivity index (χ2n) is 7.48. The molecule has 1 aromatic heterocycles. The lowest BCUT2D eigenvalue weighted by atomic mass is 10.0. The molecule has 138 valence electrons. The predicted octanol–water partition coefficient (Wildman–Crippen LogP) is 2.50. The maximum atomic E-state index is 12.6. The first-order valence-electron chi connectivity index (χ1n) is 9.82. The second kappa shape index (κ2) is 7.62. The monoisotopic (exact) mass is 352 g/mol. The van der Waals surface area contributed by atoms with Gasteiger partial charge in [-0.2, -0.15) is 5.10 Å². The molecule has 0 radical (unpaired) electrons. The number of aryl methyl sites for hydroxylation is 1. The molecule has 2 aliphatic heterocycles. The van der Waals surface area contributed by atoms with Gasteiger partial charge in [-0.1, -0.05) is 30.3 Å². The third-order valence-corrected chi connectivity index (χ3v) is 5.73. The smallest absolute Gasteiger partial charge is 0.236 e. The molecule has 0 spiro atoms. The van der Waals surface area contributed by atoms with Crippen LogP contribution in [0.25, 0.3) is 11.3 Å². The van der Waals surface area contributed by atoms with Crippen molar-refractivity contribution in [1.82, 2.24) is 19.6 Å². The van der Waals surface area contributed by atoms with E-state index in [4.69, 9.17) is 5.10 Å². The van der Waals surface area contributed by atoms with E-state index in [1.807, 2.05) is 17.8 Å². The number of fused-ring (bicyclic) bond motifs is 1. The molecule has 0 aliphatic carbocycles. The molecule has 0 atom stereocenters. The molecule has 4 rings (SSSR count). The number of amides is 1. The number of piperidine rings is 1. The highest BCUT2D eigenvalue weighted by Crippen LogP contribution is 2.27. The number of nitrogens with zero attached hydrogens (tertiary/aromatic N) is 4. The van der Waals surface area contributed by atoms with Gasteiger partial charge in [-0.3, -0.25) is 14.4 Å². The molecule has 5 nitrogen and oxygen atoms in total. The molecule has 5 heteroatoms. The van der Waals surface area contributed by atoms with Crippen LogP contribution in [0.2, 0.25) is 0 Å². The average molecular weight is 352 g/mol. The maximum absolute atomic E-state index is 12.6. The quantitative estimate of drug-likeness (QED) is 0.852. The standard InChI is InChI=1S/C21H28N4O/c1-23-19-11-15-24(16-20(26)25-12-6-3-7-13-25)14-10-18(19)21(22-23)17-8-4-2-5-9-17/h2,4-5,8-9H,3,6-7,10-16H2,1H3.